The number of aryl methyl sites for hydroxylation is 1. The van der Waals surface area contributed by atoms with Crippen molar-refractivity contribution in [1.82, 2.24) is 9.78 Å². The minimum Gasteiger partial charge on any atom is -0.398 e. The molecule has 2 aromatic rings. The van der Waals surface area contributed by atoms with E-state index in [1.54, 1.807) is 0 Å². The number of aromatic nitrogens is 2. The first kappa shape index (κ1) is 16.5. The van der Waals surface area contributed by atoms with Gasteiger partial charge in [0.2, 0.25) is 0 Å². The summed E-state index contributed by atoms with van der Waals surface area (Å²) in [5, 5.41) is 3.44. The molecular formula is C12H8ClF6N3. The Morgan fingerprint density at radius 2 is 1.68 bits per heavy atom. The molecule has 0 atom stereocenters. The van der Waals surface area contributed by atoms with Gasteiger partial charge in [-0.1, -0.05) is 17.7 Å². The van der Waals surface area contributed by atoms with Crippen LogP contribution in [0.3, 0.4) is 0 Å². The minimum absolute atomic E-state index is 0.0634. The van der Waals surface area contributed by atoms with Gasteiger partial charge in [-0.05, 0) is 12.1 Å². The Morgan fingerprint density at radius 3 is 2.14 bits per heavy atom. The summed E-state index contributed by atoms with van der Waals surface area (Å²) in [7, 11) is 0.792. The van der Waals surface area contributed by atoms with Crippen molar-refractivity contribution in [2.45, 2.75) is 12.4 Å². The summed E-state index contributed by atoms with van der Waals surface area (Å²) < 4.78 is 78.2. The highest BCUT2D eigenvalue weighted by Gasteiger charge is 2.49. The molecule has 0 aliphatic heterocycles. The average molecular weight is 344 g/mol. The van der Waals surface area contributed by atoms with Crippen LogP contribution < -0.4 is 5.73 Å². The van der Waals surface area contributed by atoms with Gasteiger partial charge >= 0.3 is 12.4 Å². The molecule has 0 fully saturated rings. The molecule has 0 bridgehead atoms. The van der Waals surface area contributed by atoms with Crippen LogP contribution in [-0.4, -0.2) is 9.78 Å². The molecule has 0 unspecified atom stereocenters. The van der Waals surface area contributed by atoms with E-state index in [0.717, 1.165) is 19.2 Å². The van der Waals surface area contributed by atoms with Crippen LogP contribution in [0.1, 0.15) is 11.3 Å². The van der Waals surface area contributed by atoms with Gasteiger partial charge in [0.25, 0.3) is 0 Å². The third kappa shape index (κ3) is 2.85. The van der Waals surface area contributed by atoms with Crippen molar-refractivity contribution < 1.29 is 26.3 Å². The molecule has 2 N–H and O–H groups in total. The first-order valence-corrected chi connectivity index (χ1v) is 6.07. The molecule has 0 saturated heterocycles. The summed E-state index contributed by atoms with van der Waals surface area (Å²) in [5.41, 5.74) is 0.622. The molecule has 1 heterocycles. The summed E-state index contributed by atoms with van der Waals surface area (Å²) in [6, 6.07) is 3.35. The molecule has 0 aliphatic carbocycles. The van der Waals surface area contributed by atoms with Gasteiger partial charge in [-0.25, -0.2) is 0 Å². The molecule has 2 rings (SSSR count). The molecule has 3 nitrogen and oxygen atoms in total. The second-order valence-corrected chi connectivity index (χ2v) is 4.83. The maximum Gasteiger partial charge on any atom is 0.433 e. The minimum atomic E-state index is -5.23. The molecule has 0 amide bonds. The van der Waals surface area contributed by atoms with Gasteiger partial charge in [0.05, 0.1) is 10.7 Å². The van der Waals surface area contributed by atoms with E-state index in [9.17, 15) is 26.3 Å². The molecule has 120 valence electrons. The maximum atomic E-state index is 13.1. The Kier molecular flexibility index (Phi) is 3.80. The number of nitrogens with zero attached hydrogens (tertiary/aromatic N) is 2. The predicted octanol–water partition coefficient (Wildman–Crippen LogP) is 4.36. The van der Waals surface area contributed by atoms with E-state index < -0.39 is 29.3 Å². The number of halogens is 7. The van der Waals surface area contributed by atoms with Crippen LogP contribution in [0.4, 0.5) is 32.0 Å². The molecule has 0 radical (unpaired) electrons. The fourth-order valence-electron chi connectivity index (χ4n) is 2.01. The lowest BCUT2D eigenvalue weighted by Crippen LogP contribution is -2.18. The Balaban J connectivity index is 2.79. The highest BCUT2D eigenvalue weighted by atomic mass is 35.5. The lowest BCUT2D eigenvalue weighted by Gasteiger charge is -2.13. The largest absolute Gasteiger partial charge is 0.433 e. The van der Waals surface area contributed by atoms with E-state index in [4.69, 9.17) is 17.3 Å². The van der Waals surface area contributed by atoms with Crippen molar-refractivity contribution in [1.29, 1.82) is 0 Å². The maximum absolute atomic E-state index is 13.1. The summed E-state index contributed by atoms with van der Waals surface area (Å²) >= 11 is 5.65. The van der Waals surface area contributed by atoms with Gasteiger partial charge in [-0.2, -0.15) is 31.4 Å². The average Bonchev–Trinajstić information content (AvgIpc) is 2.70. The lowest BCUT2D eigenvalue weighted by atomic mass is 10.0. The van der Waals surface area contributed by atoms with E-state index in [0.29, 0.717) is 0 Å². The summed E-state index contributed by atoms with van der Waals surface area (Å²) in [5.74, 6) is 0. The molecule has 22 heavy (non-hydrogen) atoms. The van der Waals surface area contributed by atoms with Crippen molar-refractivity contribution in [3.8, 4) is 11.3 Å². The molecular weight excluding hydrogens is 336 g/mol. The van der Waals surface area contributed by atoms with Crippen LogP contribution >= 0.6 is 11.6 Å². The number of hydrogen-bond donors (Lipinski definition) is 1. The molecule has 0 saturated carbocycles. The van der Waals surface area contributed by atoms with E-state index in [1.807, 2.05) is 0 Å². The summed E-state index contributed by atoms with van der Waals surface area (Å²) in [6.45, 7) is 0. The molecule has 0 spiro atoms. The third-order valence-corrected chi connectivity index (χ3v) is 3.21. The third-order valence-electron chi connectivity index (χ3n) is 2.87. The van der Waals surface area contributed by atoms with Gasteiger partial charge in [-0.3, -0.25) is 4.68 Å². The van der Waals surface area contributed by atoms with Crippen molar-refractivity contribution in [2.24, 2.45) is 7.05 Å². The SMILES string of the molecule is Cn1nc(-c2ccc(Cl)c(N)c2)c(C(F)(F)F)c1C(F)(F)F. The van der Waals surface area contributed by atoms with Crippen LogP contribution in [0.5, 0.6) is 0 Å². The first-order chi connectivity index (χ1) is 9.93. The normalized spacial score (nSPS) is 12.7. The number of anilines is 1. The molecule has 10 heteroatoms. The fourth-order valence-corrected chi connectivity index (χ4v) is 2.13. The quantitative estimate of drug-likeness (QED) is 0.617. The van der Waals surface area contributed by atoms with Crippen LogP contribution in [0.25, 0.3) is 11.3 Å². The van der Waals surface area contributed by atoms with Crippen molar-refractivity contribution in [3.05, 3.63) is 34.5 Å². The number of benzene rings is 1. The van der Waals surface area contributed by atoms with Crippen LogP contribution in [0.2, 0.25) is 5.02 Å². The monoisotopic (exact) mass is 343 g/mol. The van der Waals surface area contributed by atoms with Crippen molar-refractivity contribution >= 4 is 17.3 Å². The lowest BCUT2D eigenvalue weighted by molar-refractivity contribution is -0.165. The van der Waals surface area contributed by atoms with E-state index >= 15 is 0 Å². The topological polar surface area (TPSA) is 43.8 Å². The smallest absolute Gasteiger partial charge is 0.398 e. The van der Waals surface area contributed by atoms with Gasteiger partial charge in [0.1, 0.15) is 11.3 Å². The van der Waals surface area contributed by atoms with Crippen molar-refractivity contribution in [2.75, 3.05) is 5.73 Å². The van der Waals surface area contributed by atoms with E-state index in [1.165, 1.54) is 6.07 Å². The van der Waals surface area contributed by atoms with E-state index in [-0.39, 0.29) is 21.0 Å². The Bertz CT molecular complexity index is 717. The van der Waals surface area contributed by atoms with Crippen LogP contribution in [0, 0.1) is 0 Å². The zero-order valence-corrected chi connectivity index (χ0v) is 11.6. The van der Waals surface area contributed by atoms with Gasteiger partial charge in [0, 0.05) is 12.6 Å². The number of alkyl halides is 6. The predicted molar refractivity (Wildman–Crippen MR) is 68.1 cm³/mol. The second kappa shape index (κ2) is 5.08. The zero-order chi connectivity index (χ0) is 16.9. The van der Waals surface area contributed by atoms with Crippen LogP contribution in [0.15, 0.2) is 18.2 Å². The highest BCUT2D eigenvalue weighted by Crippen LogP contribution is 2.45. The van der Waals surface area contributed by atoms with Gasteiger partial charge < -0.3 is 5.73 Å². The molecule has 1 aromatic carbocycles. The number of rotatable bonds is 1. The van der Waals surface area contributed by atoms with Crippen molar-refractivity contribution in [3.63, 3.8) is 0 Å². The van der Waals surface area contributed by atoms with Crippen LogP contribution in [-0.2, 0) is 19.4 Å². The summed E-state index contributed by atoms with van der Waals surface area (Å²) in [4.78, 5) is 0. The number of nitrogen functional groups attached to an aromatic ring is 1. The van der Waals surface area contributed by atoms with Gasteiger partial charge in [-0.15, -0.1) is 0 Å². The first-order valence-electron chi connectivity index (χ1n) is 5.69. The summed E-state index contributed by atoms with van der Waals surface area (Å²) in [6.07, 6.45) is -10.4. The Morgan fingerprint density at radius 1 is 1.09 bits per heavy atom. The fraction of sp³-hybridized carbons (Fsp3) is 0.250. The highest BCUT2D eigenvalue weighted by molar-refractivity contribution is 6.33. The number of nitrogens with two attached hydrogens (primary N) is 1. The number of hydrogen-bond acceptors (Lipinski definition) is 2. The zero-order valence-electron chi connectivity index (χ0n) is 10.8. The standard InChI is InChI=1S/C12H8ClF6N3/c1-22-10(12(17,18)19)8(11(14,15)16)9(21-22)5-2-3-6(13)7(20)4-5/h2-4H,20H2,1H3. The second-order valence-electron chi connectivity index (χ2n) is 4.43. The molecule has 0 aliphatic rings. The Labute approximate surface area is 125 Å². The molecule has 1 aromatic heterocycles. The Hall–Kier alpha value is -1.90. The van der Waals surface area contributed by atoms with E-state index in [2.05, 4.69) is 5.10 Å². The van der Waals surface area contributed by atoms with Gasteiger partial charge in [0.15, 0.2) is 5.69 Å².